The Morgan fingerprint density at radius 2 is 1.83 bits per heavy atom. The summed E-state index contributed by atoms with van der Waals surface area (Å²) < 4.78 is 0.858. The number of phenolic OH excluding ortho intramolecular Hbond substituents is 1. The summed E-state index contributed by atoms with van der Waals surface area (Å²) in [5, 5.41) is 18.1. The molecule has 0 saturated carbocycles. The van der Waals surface area contributed by atoms with Gasteiger partial charge in [0.15, 0.2) is 0 Å². The fourth-order valence-corrected chi connectivity index (χ4v) is 2.31. The number of aromatic hydroxyl groups is 1. The second kappa shape index (κ2) is 5.11. The molecular weight excluding hydrogens is 292 g/mol. The fraction of sp³-hybridized carbons (Fsp3) is 0.0714. The second-order valence-corrected chi connectivity index (χ2v) is 4.71. The minimum absolute atomic E-state index is 0.242. The van der Waals surface area contributed by atoms with Crippen molar-refractivity contribution >= 4 is 27.3 Å². The van der Waals surface area contributed by atoms with E-state index >= 15 is 0 Å². The van der Waals surface area contributed by atoms with Crippen LogP contribution in [-0.2, 0) is 0 Å². The van der Waals surface area contributed by atoms with Crippen LogP contribution in [0.25, 0.3) is 0 Å². The molecule has 0 amide bonds. The number of hydrogen-bond acceptors (Lipinski definition) is 3. The lowest BCUT2D eigenvalue weighted by atomic mass is 10.2. The van der Waals surface area contributed by atoms with E-state index in [-0.39, 0.29) is 5.75 Å². The molecule has 0 unspecified atom stereocenters. The first kappa shape index (κ1) is 12.5. The molecule has 0 aliphatic rings. The molecule has 4 heteroatoms. The van der Waals surface area contributed by atoms with Crippen LogP contribution < -0.4 is 4.90 Å². The van der Waals surface area contributed by atoms with Crippen molar-refractivity contribution in [1.29, 1.82) is 5.26 Å². The molecular formula is C14H11BrN2O. The molecule has 0 atom stereocenters. The molecule has 0 aliphatic heterocycles. The van der Waals surface area contributed by atoms with Crippen LogP contribution in [0, 0.1) is 11.3 Å². The Labute approximate surface area is 114 Å². The van der Waals surface area contributed by atoms with Gasteiger partial charge in [0.05, 0.1) is 17.3 Å². The lowest BCUT2D eigenvalue weighted by Crippen LogP contribution is -2.09. The highest BCUT2D eigenvalue weighted by Crippen LogP contribution is 2.32. The van der Waals surface area contributed by atoms with Crippen molar-refractivity contribution in [2.45, 2.75) is 0 Å². The van der Waals surface area contributed by atoms with Crippen LogP contribution in [0.1, 0.15) is 5.56 Å². The number of benzene rings is 2. The molecule has 0 bridgehead atoms. The Morgan fingerprint density at radius 3 is 2.39 bits per heavy atom. The minimum Gasteiger partial charge on any atom is -0.508 e. The van der Waals surface area contributed by atoms with Gasteiger partial charge in [0.25, 0.3) is 0 Å². The summed E-state index contributed by atoms with van der Waals surface area (Å²) in [7, 11) is 1.93. The molecule has 1 N–H and O–H groups in total. The number of nitriles is 1. The molecule has 90 valence electrons. The van der Waals surface area contributed by atoms with Gasteiger partial charge in [-0.3, -0.25) is 0 Å². The largest absolute Gasteiger partial charge is 0.508 e. The highest BCUT2D eigenvalue weighted by molar-refractivity contribution is 9.10. The van der Waals surface area contributed by atoms with Crippen molar-refractivity contribution in [3.63, 3.8) is 0 Å². The van der Waals surface area contributed by atoms with E-state index in [0.29, 0.717) is 5.56 Å². The topological polar surface area (TPSA) is 47.3 Å². The third-order valence-corrected chi connectivity index (χ3v) is 3.31. The molecule has 0 radical (unpaired) electrons. The predicted octanol–water partition coefficient (Wildman–Crippen LogP) is 3.79. The van der Waals surface area contributed by atoms with Gasteiger partial charge in [-0.05, 0) is 58.4 Å². The molecule has 0 aliphatic carbocycles. The smallest absolute Gasteiger partial charge is 0.115 e. The van der Waals surface area contributed by atoms with Gasteiger partial charge in [0.2, 0.25) is 0 Å². The van der Waals surface area contributed by atoms with Gasteiger partial charge in [-0.2, -0.15) is 5.26 Å². The van der Waals surface area contributed by atoms with Crippen LogP contribution in [0.2, 0.25) is 0 Å². The summed E-state index contributed by atoms with van der Waals surface area (Å²) >= 11 is 3.46. The van der Waals surface area contributed by atoms with Crippen LogP contribution in [0.15, 0.2) is 46.9 Å². The maximum atomic E-state index is 9.27. The molecule has 0 spiro atoms. The Morgan fingerprint density at radius 1 is 1.17 bits per heavy atom. The minimum atomic E-state index is 0.242. The first-order chi connectivity index (χ1) is 8.61. The van der Waals surface area contributed by atoms with Gasteiger partial charge in [0.1, 0.15) is 5.75 Å². The van der Waals surface area contributed by atoms with Crippen LogP contribution >= 0.6 is 15.9 Å². The third kappa shape index (κ3) is 2.47. The average molecular weight is 303 g/mol. The Bertz CT molecular complexity index is 602. The summed E-state index contributed by atoms with van der Waals surface area (Å²) in [4.78, 5) is 1.98. The van der Waals surface area contributed by atoms with Crippen molar-refractivity contribution in [1.82, 2.24) is 0 Å². The Hall–Kier alpha value is -1.99. The molecule has 3 nitrogen and oxygen atoms in total. The van der Waals surface area contributed by atoms with E-state index in [9.17, 15) is 5.11 Å². The molecule has 2 rings (SSSR count). The molecule has 2 aromatic carbocycles. The lowest BCUT2D eigenvalue weighted by Gasteiger charge is -2.21. The van der Waals surface area contributed by atoms with Crippen molar-refractivity contribution in [3.05, 3.63) is 52.5 Å². The zero-order valence-electron chi connectivity index (χ0n) is 9.76. The molecule has 0 fully saturated rings. The van der Waals surface area contributed by atoms with E-state index in [2.05, 4.69) is 22.0 Å². The van der Waals surface area contributed by atoms with Gasteiger partial charge in [0, 0.05) is 17.2 Å². The molecule has 0 aromatic heterocycles. The van der Waals surface area contributed by atoms with Gasteiger partial charge in [-0.15, -0.1) is 0 Å². The standard InChI is InChI=1S/C14H11BrN2O/c1-17(11-3-5-12(18)6-4-11)14-7-2-10(9-16)8-13(14)15/h2-8,18H,1H3. The number of halogens is 1. The lowest BCUT2D eigenvalue weighted by molar-refractivity contribution is 0.475. The number of hydrogen-bond donors (Lipinski definition) is 1. The zero-order chi connectivity index (χ0) is 13.1. The van der Waals surface area contributed by atoms with E-state index in [1.807, 2.05) is 30.1 Å². The first-order valence-electron chi connectivity index (χ1n) is 5.34. The van der Waals surface area contributed by atoms with E-state index in [0.717, 1.165) is 15.8 Å². The molecule has 0 saturated heterocycles. The maximum absolute atomic E-state index is 9.27. The van der Waals surface area contributed by atoms with Crippen LogP contribution in [0.4, 0.5) is 11.4 Å². The maximum Gasteiger partial charge on any atom is 0.115 e. The van der Waals surface area contributed by atoms with Gasteiger partial charge in [-0.1, -0.05) is 0 Å². The zero-order valence-corrected chi connectivity index (χ0v) is 11.3. The molecule has 18 heavy (non-hydrogen) atoms. The molecule has 0 heterocycles. The van der Waals surface area contributed by atoms with Crippen LogP contribution in [-0.4, -0.2) is 12.2 Å². The van der Waals surface area contributed by atoms with E-state index in [1.54, 1.807) is 24.3 Å². The van der Waals surface area contributed by atoms with E-state index in [4.69, 9.17) is 5.26 Å². The quantitative estimate of drug-likeness (QED) is 0.918. The number of anilines is 2. The van der Waals surface area contributed by atoms with E-state index in [1.165, 1.54) is 0 Å². The molecule has 2 aromatic rings. The average Bonchev–Trinajstić information content (AvgIpc) is 2.38. The Kier molecular flexibility index (Phi) is 3.54. The monoisotopic (exact) mass is 302 g/mol. The highest BCUT2D eigenvalue weighted by Gasteiger charge is 2.08. The first-order valence-corrected chi connectivity index (χ1v) is 6.13. The van der Waals surface area contributed by atoms with Crippen molar-refractivity contribution in [3.8, 4) is 11.8 Å². The van der Waals surface area contributed by atoms with Gasteiger partial charge >= 0.3 is 0 Å². The number of phenols is 1. The van der Waals surface area contributed by atoms with E-state index < -0.39 is 0 Å². The summed E-state index contributed by atoms with van der Waals surface area (Å²) in [6.07, 6.45) is 0. The normalized spacial score (nSPS) is 9.83. The number of rotatable bonds is 2. The third-order valence-electron chi connectivity index (χ3n) is 2.68. The Balaban J connectivity index is 2.37. The SMILES string of the molecule is CN(c1ccc(O)cc1)c1ccc(C#N)cc1Br. The van der Waals surface area contributed by atoms with Gasteiger partial charge < -0.3 is 10.0 Å². The summed E-state index contributed by atoms with van der Waals surface area (Å²) in [6.45, 7) is 0. The summed E-state index contributed by atoms with van der Waals surface area (Å²) in [5.74, 6) is 0.242. The van der Waals surface area contributed by atoms with Crippen LogP contribution in [0.3, 0.4) is 0 Å². The van der Waals surface area contributed by atoms with Gasteiger partial charge in [-0.25, -0.2) is 0 Å². The van der Waals surface area contributed by atoms with Crippen molar-refractivity contribution in [2.75, 3.05) is 11.9 Å². The fourth-order valence-electron chi connectivity index (χ4n) is 1.66. The highest BCUT2D eigenvalue weighted by atomic mass is 79.9. The predicted molar refractivity (Wildman–Crippen MR) is 75.0 cm³/mol. The van der Waals surface area contributed by atoms with Crippen molar-refractivity contribution < 1.29 is 5.11 Å². The number of nitrogens with zero attached hydrogens (tertiary/aromatic N) is 2. The second-order valence-electron chi connectivity index (χ2n) is 3.85. The summed E-state index contributed by atoms with van der Waals surface area (Å²) in [5.41, 5.74) is 2.53. The summed E-state index contributed by atoms with van der Waals surface area (Å²) in [6, 6.07) is 14.5. The van der Waals surface area contributed by atoms with Crippen LogP contribution in [0.5, 0.6) is 5.75 Å². The van der Waals surface area contributed by atoms with Crippen molar-refractivity contribution in [2.24, 2.45) is 0 Å².